The summed E-state index contributed by atoms with van der Waals surface area (Å²) >= 11 is 6.02. The first-order valence-electron chi connectivity index (χ1n) is 7.37. The quantitative estimate of drug-likeness (QED) is 0.553. The van der Waals surface area contributed by atoms with E-state index in [0.717, 1.165) is 17.5 Å². The van der Waals surface area contributed by atoms with E-state index in [2.05, 4.69) is 36.4 Å². The van der Waals surface area contributed by atoms with Gasteiger partial charge in [0.1, 0.15) is 6.10 Å². The number of fused-ring (bicyclic) bond motifs is 3. The number of aliphatic hydroxyl groups is 1. The second kappa shape index (κ2) is 5.28. The first-order valence-corrected chi connectivity index (χ1v) is 7.75. The lowest BCUT2D eigenvalue weighted by molar-refractivity contribution is 0.220. The summed E-state index contributed by atoms with van der Waals surface area (Å²) in [6.45, 7) is 0. The van der Waals surface area contributed by atoms with Gasteiger partial charge < -0.3 is 5.11 Å². The fourth-order valence-electron chi connectivity index (χ4n) is 3.20. The van der Waals surface area contributed by atoms with Crippen molar-refractivity contribution in [1.82, 2.24) is 0 Å². The standard InChI is InChI=1S/C20H15ClO/c21-17-6-3-5-14(12-17)20(22)15-8-9-19-16(11-15)10-13-4-1-2-7-18(13)19/h1-9,11-12,20,22H,10H2. The Morgan fingerprint density at radius 1 is 0.773 bits per heavy atom. The van der Waals surface area contributed by atoms with Crippen molar-refractivity contribution in [1.29, 1.82) is 0 Å². The highest BCUT2D eigenvalue weighted by Crippen LogP contribution is 2.38. The summed E-state index contributed by atoms with van der Waals surface area (Å²) in [4.78, 5) is 0. The Morgan fingerprint density at radius 3 is 2.41 bits per heavy atom. The highest BCUT2D eigenvalue weighted by atomic mass is 35.5. The molecule has 1 unspecified atom stereocenters. The first-order chi connectivity index (χ1) is 10.7. The molecule has 108 valence electrons. The molecule has 1 aliphatic rings. The minimum atomic E-state index is -0.646. The third-order valence-corrected chi connectivity index (χ3v) is 4.53. The van der Waals surface area contributed by atoms with Crippen molar-refractivity contribution in [3.05, 3.63) is 94.0 Å². The summed E-state index contributed by atoms with van der Waals surface area (Å²) in [5.41, 5.74) is 6.95. The molecule has 1 aliphatic carbocycles. The zero-order valence-electron chi connectivity index (χ0n) is 12.0. The highest BCUT2D eigenvalue weighted by molar-refractivity contribution is 6.30. The third kappa shape index (κ3) is 2.23. The van der Waals surface area contributed by atoms with Crippen molar-refractivity contribution in [3.63, 3.8) is 0 Å². The van der Waals surface area contributed by atoms with E-state index in [-0.39, 0.29) is 0 Å². The Kier molecular flexibility index (Phi) is 3.25. The average Bonchev–Trinajstić information content (AvgIpc) is 2.91. The maximum atomic E-state index is 10.6. The van der Waals surface area contributed by atoms with Crippen molar-refractivity contribution in [2.75, 3.05) is 0 Å². The van der Waals surface area contributed by atoms with Gasteiger partial charge in [0.25, 0.3) is 0 Å². The monoisotopic (exact) mass is 306 g/mol. The molecule has 0 heterocycles. The van der Waals surface area contributed by atoms with Gasteiger partial charge in [-0.1, -0.05) is 66.2 Å². The van der Waals surface area contributed by atoms with Crippen LogP contribution in [0.15, 0.2) is 66.7 Å². The van der Waals surface area contributed by atoms with Gasteiger partial charge in [-0.15, -0.1) is 0 Å². The maximum Gasteiger partial charge on any atom is 0.104 e. The average molecular weight is 307 g/mol. The van der Waals surface area contributed by atoms with E-state index in [0.29, 0.717) is 5.02 Å². The van der Waals surface area contributed by atoms with Crippen molar-refractivity contribution < 1.29 is 5.11 Å². The molecule has 1 nitrogen and oxygen atoms in total. The van der Waals surface area contributed by atoms with Crippen molar-refractivity contribution in [3.8, 4) is 11.1 Å². The van der Waals surface area contributed by atoms with Crippen LogP contribution in [0.1, 0.15) is 28.4 Å². The van der Waals surface area contributed by atoms with Gasteiger partial charge >= 0.3 is 0 Å². The predicted octanol–water partition coefficient (Wildman–Crippen LogP) is 4.99. The lowest BCUT2D eigenvalue weighted by atomic mass is 9.97. The van der Waals surface area contributed by atoms with E-state index in [1.807, 2.05) is 30.3 Å². The summed E-state index contributed by atoms with van der Waals surface area (Å²) in [6, 6.07) is 22.1. The van der Waals surface area contributed by atoms with E-state index in [1.165, 1.54) is 22.3 Å². The molecule has 0 bridgehead atoms. The van der Waals surface area contributed by atoms with Crippen LogP contribution in [-0.2, 0) is 6.42 Å². The molecule has 0 saturated carbocycles. The van der Waals surface area contributed by atoms with Crippen LogP contribution < -0.4 is 0 Å². The van der Waals surface area contributed by atoms with Gasteiger partial charge in [-0.05, 0) is 51.9 Å². The number of aliphatic hydroxyl groups excluding tert-OH is 1. The molecule has 0 fully saturated rings. The van der Waals surface area contributed by atoms with E-state index >= 15 is 0 Å². The van der Waals surface area contributed by atoms with Crippen LogP contribution in [0.3, 0.4) is 0 Å². The molecular formula is C20H15ClO. The van der Waals surface area contributed by atoms with Crippen molar-refractivity contribution in [2.45, 2.75) is 12.5 Å². The lowest BCUT2D eigenvalue weighted by Crippen LogP contribution is -2.00. The Labute approximate surface area is 134 Å². The zero-order valence-corrected chi connectivity index (χ0v) is 12.7. The van der Waals surface area contributed by atoms with Crippen molar-refractivity contribution in [2.24, 2.45) is 0 Å². The van der Waals surface area contributed by atoms with Gasteiger partial charge in [0.05, 0.1) is 0 Å². The second-order valence-electron chi connectivity index (χ2n) is 5.71. The minimum absolute atomic E-state index is 0.644. The SMILES string of the molecule is OC(c1cccc(Cl)c1)c1ccc2c(c1)Cc1ccccc1-2. The summed E-state index contributed by atoms with van der Waals surface area (Å²) in [6.07, 6.45) is 0.287. The topological polar surface area (TPSA) is 20.2 Å². The summed E-state index contributed by atoms with van der Waals surface area (Å²) in [5, 5.41) is 11.2. The van der Waals surface area contributed by atoms with Gasteiger partial charge in [0, 0.05) is 5.02 Å². The molecule has 3 aromatic carbocycles. The summed E-state index contributed by atoms with van der Waals surface area (Å²) in [5.74, 6) is 0. The molecule has 0 amide bonds. The van der Waals surface area contributed by atoms with E-state index in [1.54, 1.807) is 0 Å². The second-order valence-corrected chi connectivity index (χ2v) is 6.14. The van der Waals surface area contributed by atoms with Crippen LogP contribution in [0, 0.1) is 0 Å². The predicted molar refractivity (Wildman–Crippen MR) is 90.2 cm³/mol. The van der Waals surface area contributed by atoms with Gasteiger partial charge in [0.2, 0.25) is 0 Å². The normalized spacial score (nSPS) is 13.5. The van der Waals surface area contributed by atoms with Crippen LogP contribution in [0.25, 0.3) is 11.1 Å². The zero-order chi connectivity index (χ0) is 15.1. The van der Waals surface area contributed by atoms with Gasteiger partial charge in [-0.25, -0.2) is 0 Å². The number of benzene rings is 3. The van der Waals surface area contributed by atoms with Gasteiger partial charge in [-0.3, -0.25) is 0 Å². The summed E-state index contributed by atoms with van der Waals surface area (Å²) in [7, 11) is 0. The smallest absolute Gasteiger partial charge is 0.104 e. The molecule has 1 N–H and O–H groups in total. The van der Waals surface area contributed by atoms with Crippen LogP contribution in [0.4, 0.5) is 0 Å². The minimum Gasteiger partial charge on any atom is -0.384 e. The van der Waals surface area contributed by atoms with Crippen LogP contribution in [0.5, 0.6) is 0 Å². The number of halogens is 1. The molecular weight excluding hydrogens is 292 g/mol. The Balaban J connectivity index is 1.73. The molecule has 22 heavy (non-hydrogen) atoms. The molecule has 2 heteroatoms. The highest BCUT2D eigenvalue weighted by Gasteiger charge is 2.20. The Bertz CT molecular complexity index is 854. The van der Waals surface area contributed by atoms with E-state index < -0.39 is 6.10 Å². The Hall–Kier alpha value is -2.09. The van der Waals surface area contributed by atoms with Gasteiger partial charge in [0.15, 0.2) is 0 Å². The third-order valence-electron chi connectivity index (χ3n) is 4.30. The lowest BCUT2D eigenvalue weighted by Gasteiger charge is -2.13. The molecule has 0 saturated heterocycles. The first kappa shape index (κ1) is 13.6. The molecule has 0 radical (unpaired) electrons. The molecule has 0 aromatic heterocycles. The molecule has 0 aliphatic heterocycles. The fourth-order valence-corrected chi connectivity index (χ4v) is 3.40. The van der Waals surface area contributed by atoms with Crippen LogP contribution in [-0.4, -0.2) is 5.11 Å². The van der Waals surface area contributed by atoms with E-state index in [4.69, 9.17) is 11.6 Å². The Morgan fingerprint density at radius 2 is 1.55 bits per heavy atom. The van der Waals surface area contributed by atoms with Crippen LogP contribution >= 0.6 is 11.6 Å². The molecule has 1 atom stereocenters. The molecule has 3 aromatic rings. The largest absolute Gasteiger partial charge is 0.384 e. The number of rotatable bonds is 2. The molecule has 4 rings (SSSR count). The number of hydrogen-bond donors (Lipinski definition) is 1. The maximum absolute atomic E-state index is 10.6. The summed E-state index contributed by atoms with van der Waals surface area (Å²) < 4.78 is 0. The number of hydrogen-bond acceptors (Lipinski definition) is 1. The fraction of sp³-hybridized carbons (Fsp3) is 0.100. The van der Waals surface area contributed by atoms with Crippen molar-refractivity contribution >= 4 is 11.6 Å². The van der Waals surface area contributed by atoms with Gasteiger partial charge in [-0.2, -0.15) is 0 Å². The molecule has 0 spiro atoms. The van der Waals surface area contributed by atoms with Crippen LogP contribution in [0.2, 0.25) is 5.02 Å². The van der Waals surface area contributed by atoms with E-state index in [9.17, 15) is 5.11 Å².